The minimum absolute atomic E-state index is 0.0664. The average molecular weight is 252 g/mol. The van der Waals surface area contributed by atoms with Crippen LogP contribution in [0.4, 0.5) is 5.69 Å². The molecule has 1 aromatic rings. The van der Waals surface area contributed by atoms with Crippen LogP contribution in [0, 0.1) is 6.92 Å². The van der Waals surface area contributed by atoms with E-state index in [1.165, 1.54) is 11.8 Å². The molecule has 0 spiro atoms. The van der Waals surface area contributed by atoms with Crippen LogP contribution >= 0.6 is 11.8 Å². The van der Waals surface area contributed by atoms with Gasteiger partial charge in [0.1, 0.15) is 0 Å². The highest BCUT2D eigenvalue weighted by Gasteiger charge is 2.03. The lowest BCUT2D eigenvalue weighted by Crippen LogP contribution is -2.15. The van der Waals surface area contributed by atoms with Gasteiger partial charge < -0.3 is 11.1 Å². The highest BCUT2D eigenvalue weighted by molar-refractivity contribution is 7.99. The number of aryl methyl sites for hydroxylation is 1. The summed E-state index contributed by atoms with van der Waals surface area (Å²) in [6.07, 6.45) is 0.308. The number of carbonyl (C=O) groups excluding carboxylic acids is 2. The van der Waals surface area contributed by atoms with Gasteiger partial charge in [0.15, 0.2) is 0 Å². The summed E-state index contributed by atoms with van der Waals surface area (Å²) in [5.74, 6) is 0.511. The number of anilines is 1. The molecule has 0 aliphatic carbocycles. The van der Waals surface area contributed by atoms with Crippen LogP contribution in [0.15, 0.2) is 24.3 Å². The number of rotatable bonds is 6. The summed E-state index contributed by atoms with van der Waals surface area (Å²) < 4.78 is 0. The van der Waals surface area contributed by atoms with Crippen molar-refractivity contribution in [3.63, 3.8) is 0 Å². The molecule has 4 nitrogen and oxygen atoms in total. The molecule has 0 fully saturated rings. The Bertz CT molecular complexity index is 390. The van der Waals surface area contributed by atoms with E-state index in [2.05, 4.69) is 5.32 Å². The summed E-state index contributed by atoms with van der Waals surface area (Å²) in [6.45, 7) is 1.99. The molecule has 0 aliphatic heterocycles. The zero-order chi connectivity index (χ0) is 12.7. The Kier molecular flexibility index (Phi) is 5.56. The fourth-order valence-corrected chi connectivity index (χ4v) is 1.92. The molecule has 17 heavy (non-hydrogen) atoms. The Morgan fingerprint density at radius 1 is 1.29 bits per heavy atom. The molecule has 0 bridgehead atoms. The summed E-state index contributed by atoms with van der Waals surface area (Å²) in [7, 11) is 0. The lowest BCUT2D eigenvalue weighted by atomic mass is 10.2. The maximum Gasteiger partial charge on any atom is 0.234 e. The summed E-state index contributed by atoms with van der Waals surface area (Å²) in [5.41, 5.74) is 6.93. The lowest BCUT2D eigenvalue weighted by Gasteiger charge is -2.05. The van der Waals surface area contributed by atoms with Crippen LogP contribution in [0.1, 0.15) is 12.0 Å². The topological polar surface area (TPSA) is 72.2 Å². The number of hydrogen-bond donors (Lipinski definition) is 2. The van der Waals surface area contributed by atoms with Crippen LogP contribution in [0.3, 0.4) is 0 Å². The van der Waals surface area contributed by atoms with Crippen LogP contribution in [0.2, 0.25) is 0 Å². The highest BCUT2D eigenvalue weighted by atomic mass is 32.2. The molecule has 0 atom stereocenters. The van der Waals surface area contributed by atoms with Crippen molar-refractivity contribution in [3.05, 3.63) is 29.8 Å². The van der Waals surface area contributed by atoms with Crippen molar-refractivity contribution in [1.82, 2.24) is 0 Å². The van der Waals surface area contributed by atoms with E-state index in [0.29, 0.717) is 17.9 Å². The van der Waals surface area contributed by atoms with E-state index >= 15 is 0 Å². The number of hydrogen-bond acceptors (Lipinski definition) is 3. The fourth-order valence-electron chi connectivity index (χ4n) is 1.17. The van der Waals surface area contributed by atoms with Gasteiger partial charge in [0.25, 0.3) is 0 Å². The molecule has 1 aromatic carbocycles. The Labute approximate surface area is 105 Å². The van der Waals surface area contributed by atoms with Gasteiger partial charge in [-0.25, -0.2) is 0 Å². The molecule has 0 radical (unpaired) electrons. The van der Waals surface area contributed by atoms with Gasteiger partial charge >= 0.3 is 0 Å². The van der Waals surface area contributed by atoms with Crippen molar-refractivity contribution in [2.45, 2.75) is 13.3 Å². The van der Waals surface area contributed by atoms with Gasteiger partial charge in [0.05, 0.1) is 5.75 Å². The first-order valence-electron chi connectivity index (χ1n) is 5.30. The molecule has 0 saturated heterocycles. The third-order valence-electron chi connectivity index (χ3n) is 2.06. The van der Waals surface area contributed by atoms with Gasteiger partial charge in [0.2, 0.25) is 11.8 Å². The van der Waals surface area contributed by atoms with E-state index in [0.717, 1.165) is 11.3 Å². The molecule has 1 rings (SSSR count). The van der Waals surface area contributed by atoms with Crippen molar-refractivity contribution in [2.75, 3.05) is 16.8 Å². The van der Waals surface area contributed by atoms with E-state index in [1.54, 1.807) is 0 Å². The van der Waals surface area contributed by atoms with Crippen molar-refractivity contribution < 1.29 is 9.59 Å². The number of nitrogens with one attached hydrogen (secondary N) is 1. The van der Waals surface area contributed by atoms with Gasteiger partial charge in [-0.15, -0.1) is 0 Å². The first-order valence-corrected chi connectivity index (χ1v) is 6.46. The highest BCUT2D eigenvalue weighted by Crippen LogP contribution is 2.10. The summed E-state index contributed by atoms with van der Waals surface area (Å²) in [4.78, 5) is 22.0. The van der Waals surface area contributed by atoms with Crippen LogP contribution in [0.25, 0.3) is 0 Å². The Hall–Kier alpha value is -1.49. The predicted molar refractivity (Wildman–Crippen MR) is 70.9 cm³/mol. The SMILES string of the molecule is Cc1ccc(NC(=O)CSCCC(N)=O)cc1. The molecule has 3 N–H and O–H groups in total. The maximum absolute atomic E-state index is 11.5. The molecule has 92 valence electrons. The maximum atomic E-state index is 11.5. The third-order valence-corrected chi connectivity index (χ3v) is 3.02. The minimum Gasteiger partial charge on any atom is -0.370 e. The smallest absolute Gasteiger partial charge is 0.234 e. The van der Waals surface area contributed by atoms with Gasteiger partial charge in [-0.1, -0.05) is 17.7 Å². The van der Waals surface area contributed by atoms with E-state index < -0.39 is 0 Å². The predicted octanol–water partition coefficient (Wildman–Crippen LogP) is 1.54. The number of benzene rings is 1. The normalized spacial score (nSPS) is 9.94. The molecule has 0 heterocycles. The summed E-state index contributed by atoms with van der Waals surface area (Å²) in [6, 6.07) is 7.61. The van der Waals surface area contributed by atoms with Crippen molar-refractivity contribution in [3.8, 4) is 0 Å². The molecule has 0 aromatic heterocycles. The Morgan fingerprint density at radius 3 is 2.53 bits per heavy atom. The number of amides is 2. The largest absolute Gasteiger partial charge is 0.370 e. The van der Waals surface area contributed by atoms with Crippen molar-refractivity contribution in [1.29, 1.82) is 0 Å². The zero-order valence-electron chi connectivity index (χ0n) is 9.73. The molecular formula is C12H16N2O2S. The molecule has 0 unspecified atom stereocenters. The summed E-state index contributed by atoms with van der Waals surface area (Å²) >= 11 is 1.40. The molecular weight excluding hydrogens is 236 g/mol. The second-order valence-corrected chi connectivity index (χ2v) is 4.79. The van der Waals surface area contributed by atoms with Crippen LogP contribution in [-0.4, -0.2) is 23.3 Å². The van der Waals surface area contributed by atoms with E-state index in [9.17, 15) is 9.59 Å². The Balaban J connectivity index is 2.25. The van der Waals surface area contributed by atoms with Gasteiger partial charge in [-0.3, -0.25) is 9.59 Å². The van der Waals surface area contributed by atoms with E-state index in [1.807, 2.05) is 31.2 Å². The first-order chi connectivity index (χ1) is 8.08. The molecule has 0 saturated carbocycles. The van der Waals surface area contributed by atoms with Crippen LogP contribution < -0.4 is 11.1 Å². The zero-order valence-corrected chi connectivity index (χ0v) is 10.5. The first kappa shape index (κ1) is 13.6. The quantitative estimate of drug-likeness (QED) is 0.754. The monoisotopic (exact) mass is 252 g/mol. The third kappa shape index (κ3) is 5.97. The van der Waals surface area contributed by atoms with Gasteiger partial charge in [-0.2, -0.15) is 11.8 Å². The van der Waals surface area contributed by atoms with Gasteiger partial charge in [0, 0.05) is 17.9 Å². The molecule has 0 aliphatic rings. The number of primary amides is 1. The average Bonchev–Trinajstić information content (AvgIpc) is 2.27. The standard InChI is InChI=1S/C12H16N2O2S/c1-9-2-4-10(5-3-9)14-12(16)8-17-7-6-11(13)15/h2-5H,6-8H2,1H3,(H2,13,15)(H,14,16). The lowest BCUT2D eigenvalue weighted by molar-refractivity contribution is -0.117. The van der Waals surface area contributed by atoms with Crippen LogP contribution in [-0.2, 0) is 9.59 Å². The minimum atomic E-state index is -0.337. The second-order valence-electron chi connectivity index (χ2n) is 3.68. The van der Waals surface area contributed by atoms with E-state index in [-0.39, 0.29) is 11.8 Å². The van der Waals surface area contributed by atoms with Crippen molar-refractivity contribution in [2.24, 2.45) is 5.73 Å². The number of carbonyl (C=O) groups is 2. The van der Waals surface area contributed by atoms with Crippen molar-refractivity contribution >= 4 is 29.3 Å². The second kappa shape index (κ2) is 6.96. The van der Waals surface area contributed by atoms with E-state index in [4.69, 9.17) is 5.73 Å². The van der Waals surface area contributed by atoms with Crippen LogP contribution in [0.5, 0.6) is 0 Å². The molecule has 2 amide bonds. The Morgan fingerprint density at radius 2 is 1.94 bits per heavy atom. The summed E-state index contributed by atoms with van der Waals surface area (Å²) in [5, 5.41) is 2.78. The fraction of sp³-hybridized carbons (Fsp3) is 0.333. The number of nitrogens with two attached hydrogens (primary N) is 1. The van der Waals surface area contributed by atoms with Gasteiger partial charge in [-0.05, 0) is 19.1 Å². The molecule has 5 heteroatoms. The number of thioether (sulfide) groups is 1.